The van der Waals surface area contributed by atoms with Gasteiger partial charge in [0.25, 0.3) is 0 Å². The average molecular weight is 309 g/mol. The van der Waals surface area contributed by atoms with Crippen LogP contribution in [0.4, 0.5) is 5.82 Å². The first kappa shape index (κ1) is 17.3. The van der Waals surface area contributed by atoms with Crippen LogP contribution in [0.5, 0.6) is 0 Å². The van der Waals surface area contributed by atoms with E-state index in [0.29, 0.717) is 17.4 Å². The van der Waals surface area contributed by atoms with Crippen LogP contribution < -0.4 is 16.0 Å². The summed E-state index contributed by atoms with van der Waals surface area (Å²) in [6, 6.07) is 0. The lowest BCUT2D eigenvalue weighted by molar-refractivity contribution is -0.119. The van der Waals surface area contributed by atoms with Crippen LogP contribution in [-0.4, -0.2) is 41.2 Å². The highest BCUT2D eigenvalue weighted by Gasteiger charge is 2.21. The number of thiocarbonyl (C=S) groups is 1. The van der Waals surface area contributed by atoms with Gasteiger partial charge in [0.2, 0.25) is 5.91 Å². The maximum Gasteiger partial charge on any atom is 0.239 e. The van der Waals surface area contributed by atoms with Gasteiger partial charge in [-0.25, -0.2) is 0 Å². The van der Waals surface area contributed by atoms with E-state index in [2.05, 4.69) is 15.5 Å². The van der Waals surface area contributed by atoms with Gasteiger partial charge < -0.3 is 16.0 Å². The lowest BCUT2D eigenvalue weighted by atomic mass is 10.0. The summed E-state index contributed by atoms with van der Waals surface area (Å²) in [6.07, 6.45) is 1.55. The van der Waals surface area contributed by atoms with E-state index in [-0.39, 0.29) is 12.5 Å². The zero-order chi connectivity index (χ0) is 16.0. The number of likely N-dealkylation sites (N-methyl/N-ethyl adjacent to an activating group) is 2. The van der Waals surface area contributed by atoms with Gasteiger partial charge in [-0.3, -0.25) is 4.79 Å². The van der Waals surface area contributed by atoms with E-state index in [0.717, 1.165) is 29.7 Å². The fourth-order valence-corrected chi connectivity index (χ4v) is 2.45. The molecule has 0 aliphatic heterocycles. The summed E-state index contributed by atoms with van der Waals surface area (Å²) in [4.78, 5) is 13.8. The Balaban J connectivity index is 3.39. The van der Waals surface area contributed by atoms with Crippen molar-refractivity contribution in [2.75, 3.05) is 25.0 Å². The van der Waals surface area contributed by atoms with Crippen LogP contribution in [0.1, 0.15) is 37.6 Å². The van der Waals surface area contributed by atoms with Crippen molar-refractivity contribution in [3.8, 4) is 0 Å². The van der Waals surface area contributed by atoms with Gasteiger partial charge in [-0.05, 0) is 25.3 Å². The summed E-state index contributed by atoms with van der Waals surface area (Å²) in [6.45, 7) is 6.83. The van der Waals surface area contributed by atoms with Gasteiger partial charge in [0.1, 0.15) is 4.99 Å². The van der Waals surface area contributed by atoms with Gasteiger partial charge in [-0.2, -0.15) is 5.10 Å². The Morgan fingerprint density at radius 3 is 2.38 bits per heavy atom. The van der Waals surface area contributed by atoms with Crippen molar-refractivity contribution in [1.29, 1.82) is 0 Å². The molecular weight excluding hydrogens is 286 g/mol. The molecule has 1 aromatic rings. The summed E-state index contributed by atoms with van der Waals surface area (Å²) in [5, 5.41) is 11.1. The molecule has 0 aliphatic rings. The highest BCUT2D eigenvalue weighted by molar-refractivity contribution is 7.80. The number of nitrogens with zero attached hydrogens (tertiary/aromatic N) is 3. The summed E-state index contributed by atoms with van der Waals surface area (Å²) >= 11 is 5.20. The minimum Gasteiger partial charge on any atom is -0.389 e. The maximum absolute atomic E-state index is 11.6. The second-order valence-corrected chi connectivity index (χ2v) is 5.02. The number of hydrogen-bond donors (Lipinski definition) is 2. The molecule has 0 saturated carbocycles. The molecule has 6 nitrogen and oxygen atoms in total. The molecule has 1 aromatic heterocycles. The molecule has 7 heteroatoms. The van der Waals surface area contributed by atoms with Crippen LogP contribution >= 0.6 is 12.2 Å². The molecule has 1 rings (SSSR count). The molecule has 0 bridgehead atoms. The number of carbonyl (C=O) groups excluding carboxylic acids is 1. The Kier molecular flexibility index (Phi) is 6.48. The Morgan fingerprint density at radius 2 is 1.95 bits per heavy atom. The normalized spacial score (nSPS) is 10.3. The Morgan fingerprint density at radius 1 is 1.29 bits per heavy atom. The largest absolute Gasteiger partial charge is 0.389 e. The second-order valence-electron chi connectivity index (χ2n) is 4.58. The maximum atomic E-state index is 11.6. The Bertz CT molecular complexity index is 532. The average Bonchev–Trinajstić information content (AvgIpc) is 2.50. The second kappa shape index (κ2) is 7.87. The number of anilines is 1. The van der Waals surface area contributed by atoms with E-state index in [1.165, 1.54) is 0 Å². The molecule has 0 fully saturated rings. The molecule has 1 heterocycles. The lowest BCUT2D eigenvalue weighted by Crippen LogP contribution is -2.37. The van der Waals surface area contributed by atoms with Crippen molar-refractivity contribution in [3.63, 3.8) is 0 Å². The third-order valence-corrected chi connectivity index (χ3v) is 3.57. The van der Waals surface area contributed by atoms with Gasteiger partial charge in [0, 0.05) is 13.6 Å². The predicted octanol–water partition coefficient (Wildman–Crippen LogP) is 0.808. The number of aryl methyl sites for hydroxylation is 1. The molecule has 0 aromatic carbocycles. The van der Waals surface area contributed by atoms with E-state index in [4.69, 9.17) is 18.0 Å². The molecule has 3 N–H and O–H groups in total. The van der Waals surface area contributed by atoms with E-state index >= 15 is 0 Å². The van der Waals surface area contributed by atoms with Crippen LogP contribution in [0.15, 0.2) is 0 Å². The quantitative estimate of drug-likeness (QED) is 0.725. The summed E-state index contributed by atoms with van der Waals surface area (Å²) in [5.41, 5.74) is 8.57. The first-order chi connectivity index (χ1) is 9.99. The van der Waals surface area contributed by atoms with Gasteiger partial charge in [-0.15, -0.1) is 5.10 Å². The number of amides is 1. The Labute approximate surface area is 131 Å². The van der Waals surface area contributed by atoms with Gasteiger partial charge in [0.05, 0.1) is 17.8 Å². The Hall–Kier alpha value is -1.76. The highest BCUT2D eigenvalue weighted by atomic mass is 32.1. The van der Waals surface area contributed by atoms with Crippen molar-refractivity contribution in [1.82, 2.24) is 15.5 Å². The number of aromatic nitrogens is 2. The molecule has 0 spiro atoms. The first-order valence-electron chi connectivity index (χ1n) is 7.13. The molecular formula is C14H23N5OS. The standard InChI is InChI=1S/C14H23N5OS/c1-5-9-10(6-2)17-18-14(12(9)13(15)21)19(7-3)8-11(20)16-4/h5-8H2,1-4H3,(H2,15,21)(H,16,20). The van der Waals surface area contributed by atoms with Gasteiger partial charge in [0.15, 0.2) is 5.82 Å². The number of rotatable bonds is 7. The van der Waals surface area contributed by atoms with Crippen molar-refractivity contribution in [2.45, 2.75) is 33.6 Å². The lowest BCUT2D eigenvalue weighted by Gasteiger charge is -2.24. The van der Waals surface area contributed by atoms with Gasteiger partial charge in [-0.1, -0.05) is 26.1 Å². The van der Waals surface area contributed by atoms with Crippen LogP contribution in [0.3, 0.4) is 0 Å². The number of nitrogens with two attached hydrogens (primary N) is 1. The number of hydrogen-bond acceptors (Lipinski definition) is 5. The summed E-state index contributed by atoms with van der Waals surface area (Å²) in [7, 11) is 1.61. The molecule has 0 radical (unpaired) electrons. The van der Waals surface area contributed by atoms with Crippen LogP contribution in [-0.2, 0) is 17.6 Å². The molecule has 0 unspecified atom stereocenters. The summed E-state index contributed by atoms with van der Waals surface area (Å²) < 4.78 is 0. The van der Waals surface area contributed by atoms with Gasteiger partial charge >= 0.3 is 0 Å². The van der Waals surface area contributed by atoms with Crippen molar-refractivity contribution >= 4 is 28.9 Å². The number of nitrogens with one attached hydrogen (secondary N) is 1. The first-order valence-corrected chi connectivity index (χ1v) is 7.54. The molecule has 0 saturated heterocycles. The molecule has 21 heavy (non-hydrogen) atoms. The molecule has 0 aliphatic carbocycles. The zero-order valence-corrected chi connectivity index (χ0v) is 13.9. The van der Waals surface area contributed by atoms with Crippen LogP contribution in [0.25, 0.3) is 0 Å². The third kappa shape index (κ3) is 3.87. The highest BCUT2D eigenvalue weighted by Crippen LogP contribution is 2.24. The van der Waals surface area contributed by atoms with Crippen LogP contribution in [0, 0.1) is 0 Å². The fraction of sp³-hybridized carbons (Fsp3) is 0.571. The van der Waals surface area contributed by atoms with E-state index in [9.17, 15) is 4.79 Å². The molecule has 116 valence electrons. The van der Waals surface area contributed by atoms with Crippen molar-refractivity contribution < 1.29 is 4.79 Å². The SMILES string of the molecule is CCc1nnc(N(CC)CC(=O)NC)c(C(N)=S)c1CC. The smallest absolute Gasteiger partial charge is 0.239 e. The fourth-order valence-electron chi connectivity index (χ4n) is 2.23. The van der Waals surface area contributed by atoms with Crippen molar-refractivity contribution in [3.05, 3.63) is 16.8 Å². The predicted molar refractivity (Wildman–Crippen MR) is 88.6 cm³/mol. The van der Waals surface area contributed by atoms with E-state index < -0.39 is 0 Å². The minimum atomic E-state index is -0.0924. The zero-order valence-electron chi connectivity index (χ0n) is 13.1. The number of carbonyl (C=O) groups is 1. The monoisotopic (exact) mass is 309 g/mol. The minimum absolute atomic E-state index is 0.0924. The van der Waals surface area contributed by atoms with E-state index in [1.807, 2.05) is 25.7 Å². The van der Waals surface area contributed by atoms with Crippen LogP contribution in [0.2, 0.25) is 0 Å². The van der Waals surface area contributed by atoms with E-state index in [1.54, 1.807) is 7.05 Å². The molecule has 1 amide bonds. The topological polar surface area (TPSA) is 84.1 Å². The molecule has 0 atom stereocenters. The van der Waals surface area contributed by atoms with Crippen molar-refractivity contribution in [2.24, 2.45) is 5.73 Å². The third-order valence-electron chi connectivity index (χ3n) is 3.37. The summed E-state index contributed by atoms with van der Waals surface area (Å²) in [5.74, 6) is 0.493.